The second-order valence-corrected chi connectivity index (χ2v) is 8.71. The van der Waals surface area contributed by atoms with Crippen LogP contribution in [0.2, 0.25) is 10.0 Å². The monoisotopic (exact) mass is 366 g/mol. The van der Waals surface area contributed by atoms with Crippen LogP contribution in [0.5, 0.6) is 0 Å². The number of benzene rings is 1. The lowest BCUT2D eigenvalue weighted by molar-refractivity contribution is -0.0390. The molecule has 0 heterocycles. The number of anilines is 1. The summed E-state index contributed by atoms with van der Waals surface area (Å²) in [5.41, 5.74) is 0.663. The lowest BCUT2D eigenvalue weighted by Crippen LogP contribution is -2.46. The Kier molecular flexibility index (Phi) is 4.66. The molecular weight excluding hydrogens is 343 g/mol. The summed E-state index contributed by atoms with van der Waals surface area (Å²) in [6, 6.07) is 4.94. The van der Waals surface area contributed by atoms with E-state index in [4.69, 9.17) is 23.2 Å². The highest BCUT2D eigenvalue weighted by Crippen LogP contribution is 2.57. The maximum Gasteiger partial charge on any atom is 0.319 e. The first-order valence-corrected chi connectivity index (χ1v) is 9.84. The highest BCUT2D eigenvalue weighted by molar-refractivity contribution is 6.42. The van der Waals surface area contributed by atoms with Gasteiger partial charge >= 0.3 is 6.03 Å². The molecule has 4 saturated carbocycles. The molecule has 0 unspecified atom stereocenters. The van der Waals surface area contributed by atoms with Crippen molar-refractivity contribution in [1.29, 1.82) is 0 Å². The topological polar surface area (TPSA) is 41.1 Å². The van der Waals surface area contributed by atoms with Crippen LogP contribution in [0.4, 0.5) is 10.5 Å². The molecule has 0 aliphatic heterocycles. The first kappa shape index (κ1) is 16.5. The van der Waals surface area contributed by atoms with E-state index in [2.05, 4.69) is 10.6 Å². The quantitative estimate of drug-likeness (QED) is 0.717. The van der Waals surface area contributed by atoms with Crippen LogP contribution in [0.3, 0.4) is 0 Å². The molecule has 4 bridgehead atoms. The molecule has 3 nitrogen and oxygen atoms in total. The van der Waals surface area contributed by atoms with Crippen LogP contribution < -0.4 is 10.6 Å². The molecule has 0 aromatic heterocycles. The number of hydrogen-bond donors (Lipinski definition) is 2. The van der Waals surface area contributed by atoms with Crippen LogP contribution in [0.15, 0.2) is 18.2 Å². The van der Waals surface area contributed by atoms with Crippen LogP contribution in [0, 0.1) is 29.6 Å². The standard InChI is InChI=1S/C19H24Cl2N2O/c20-17-2-1-15(10-18(17)21)23-19(24)22-4-3-16-13-6-11-5-12(8-13)9-14(16)7-11/h1-2,10-14,16H,3-9H2,(H2,22,23,24). The number of carbonyl (C=O) groups excluding carboxylic acids is 1. The Labute approximate surface area is 153 Å². The van der Waals surface area contributed by atoms with Crippen molar-refractivity contribution in [1.82, 2.24) is 5.32 Å². The van der Waals surface area contributed by atoms with Gasteiger partial charge in [-0.25, -0.2) is 4.79 Å². The molecule has 0 spiro atoms. The Morgan fingerprint density at radius 1 is 1.00 bits per heavy atom. The third-order valence-corrected chi connectivity index (χ3v) is 7.10. The van der Waals surface area contributed by atoms with Gasteiger partial charge in [-0.05, 0) is 86.3 Å². The van der Waals surface area contributed by atoms with Crippen molar-refractivity contribution in [3.05, 3.63) is 28.2 Å². The van der Waals surface area contributed by atoms with E-state index in [1.165, 1.54) is 32.1 Å². The van der Waals surface area contributed by atoms with Crippen LogP contribution in [-0.4, -0.2) is 12.6 Å². The lowest BCUT2D eigenvalue weighted by Gasteiger charge is -2.54. The summed E-state index contributed by atoms with van der Waals surface area (Å²) in [5, 5.41) is 6.75. The van der Waals surface area contributed by atoms with Crippen molar-refractivity contribution in [2.75, 3.05) is 11.9 Å². The van der Waals surface area contributed by atoms with Gasteiger partial charge in [0.2, 0.25) is 0 Å². The highest BCUT2D eigenvalue weighted by atomic mass is 35.5. The van der Waals surface area contributed by atoms with Crippen molar-refractivity contribution < 1.29 is 4.79 Å². The van der Waals surface area contributed by atoms with Crippen molar-refractivity contribution in [3.8, 4) is 0 Å². The number of hydrogen-bond acceptors (Lipinski definition) is 1. The summed E-state index contributed by atoms with van der Waals surface area (Å²) < 4.78 is 0. The average molecular weight is 367 g/mol. The largest absolute Gasteiger partial charge is 0.338 e. The third-order valence-electron chi connectivity index (χ3n) is 6.36. The van der Waals surface area contributed by atoms with E-state index in [0.29, 0.717) is 15.7 Å². The lowest BCUT2D eigenvalue weighted by atomic mass is 9.51. The molecule has 1 aromatic rings. The summed E-state index contributed by atoms with van der Waals surface area (Å²) in [5.74, 6) is 4.68. The molecule has 4 aliphatic rings. The van der Waals surface area contributed by atoms with Gasteiger partial charge in [0.1, 0.15) is 0 Å². The number of nitrogens with one attached hydrogen (secondary N) is 2. The maximum absolute atomic E-state index is 12.1. The molecule has 4 aliphatic carbocycles. The fraction of sp³-hybridized carbons (Fsp3) is 0.632. The Hall–Kier alpha value is -0.930. The molecule has 2 amide bonds. The number of urea groups is 1. The molecule has 5 rings (SSSR count). The van der Waals surface area contributed by atoms with Crippen LogP contribution in [0.1, 0.15) is 38.5 Å². The zero-order valence-electron chi connectivity index (χ0n) is 13.7. The molecule has 1 aromatic carbocycles. The number of halogens is 2. The number of rotatable bonds is 4. The van der Waals surface area contributed by atoms with Gasteiger partial charge in [0.25, 0.3) is 0 Å². The minimum absolute atomic E-state index is 0.169. The van der Waals surface area contributed by atoms with Gasteiger partial charge in [0, 0.05) is 12.2 Å². The fourth-order valence-electron chi connectivity index (χ4n) is 5.61. The zero-order valence-corrected chi connectivity index (χ0v) is 15.2. The first-order valence-electron chi connectivity index (χ1n) is 9.08. The first-order chi connectivity index (χ1) is 11.6. The second kappa shape index (κ2) is 6.76. The molecule has 0 atom stereocenters. The molecule has 4 fully saturated rings. The highest BCUT2D eigenvalue weighted by Gasteiger charge is 2.47. The van der Waals surface area contributed by atoms with E-state index in [1.54, 1.807) is 18.2 Å². The van der Waals surface area contributed by atoms with Gasteiger partial charge in [-0.2, -0.15) is 0 Å². The minimum atomic E-state index is -0.169. The molecular formula is C19H24Cl2N2O. The third kappa shape index (κ3) is 3.39. The van der Waals surface area contributed by atoms with E-state index in [9.17, 15) is 4.79 Å². The summed E-state index contributed by atoms with van der Waals surface area (Å²) in [4.78, 5) is 12.1. The Bertz CT molecular complexity index is 606. The fourth-order valence-corrected chi connectivity index (χ4v) is 5.91. The van der Waals surface area contributed by atoms with Crippen LogP contribution >= 0.6 is 23.2 Å². The van der Waals surface area contributed by atoms with E-state index in [0.717, 1.165) is 42.6 Å². The number of carbonyl (C=O) groups is 1. The van der Waals surface area contributed by atoms with E-state index in [1.807, 2.05) is 0 Å². The Morgan fingerprint density at radius 3 is 2.29 bits per heavy atom. The van der Waals surface area contributed by atoms with Gasteiger partial charge in [-0.3, -0.25) is 0 Å². The van der Waals surface area contributed by atoms with Crippen molar-refractivity contribution >= 4 is 34.9 Å². The van der Waals surface area contributed by atoms with Gasteiger partial charge in [-0.1, -0.05) is 23.2 Å². The zero-order chi connectivity index (χ0) is 16.7. The summed E-state index contributed by atoms with van der Waals surface area (Å²) in [6.45, 7) is 0.750. The van der Waals surface area contributed by atoms with Crippen molar-refractivity contribution in [2.45, 2.75) is 38.5 Å². The van der Waals surface area contributed by atoms with Gasteiger partial charge in [0.15, 0.2) is 0 Å². The smallest absolute Gasteiger partial charge is 0.319 e. The second-order valence-electron chi connectivity index (χ2n) is 7.89. The molecule has 0 saturated heterocycles. The molecule has 24 heavy (non-hydrogen) atoms. The maximum atomic E-state index is 12.1. The van der Waals surface area contributed by atoms with Crippen LogP contribution in [-0.2, 0) is 0 Å². The predicted octanol–water partition coefficient (Wildman–Crippen LogP) is 5.58. The number of amides is 2. The minimum Gasteiger partial charge on any atom is -0.338 e. The summed E-state index contributed by atoms with van der Waals surface area (Å²) >= 11 is 11.9. The summed E-state index contributed by atoms with van der Waals surface area (Å²) in [7, 11) is 0. The molecule has 130 valence electrons. The van der Waals surface area contributed by atoms with E-state index >= 15 is 0 Å². The van der Waals surface area contributed by atoms with E-state index < -0.39 is 0 Å². The normalized spacial score (nSPS) is 33.5. The molecule has 2 N–H and O–H groups in total. The van der Waals surface area contributed by atoms with E-state index in [-0.39, 0.29) is 6.03 Å². The van der Waals surface area contributed by atoms with Crippen LogP contribution in [0.25, 0.3) is 0 Å². The van der Waals surface area contributed by atoms with Gasteiger partial charge < -0.3 is 10.6 Å². The van der Waals surface area contributed by atoms with Gasteiger partial charge in [-0.15, -0.1) is 0 Å². The summed E-state index contributed by atoms with van der Waals surface area (Å²) in [6.07, 6.45) is 8.36. The van der Waals surface area contributed by atoms with Crippen molar-refractivity contribution in [2.24, 2.45) is 29.6 Å². The molecule has 5 heteroatoms. The average Bonchev–Trinajstić information content (AvgIpc) is 2.53. The SMILES string of the molecule is O=C(NCCC1C2CC3CC(C2)CC1C3)Nc1ccc(Cl)c(Cl)c1. The van der Waals surface area contributed by atoms with Gasteiger partial charge in [0.05, 0.1) is 10.0 Å². The Morgan fingerprint density at radius 2 is 1.67 bits per heavy atom. The molecule has 0 radical (unpaired) electrons. The predicted molar refractivity (Wildman–Crippen MR) is 98.6 cm³/mol. The Balaban J connectivity index is 1.25. The van der Waals surface area contributed by atoms with Crippen molar-refractivity contribution in [3.63, 3.8) is 0 Å².